The van der Waals surface area contributed by atoms with Gasteiger partial charge in [0.2, 0.25) is 0 Å². The standard InChI is InChI=1S/C16H32N2O2S/c1-6-21-11-7-9-17-14-8-10-18(13(2)12-14)15(19)20-16(3,4)5/h13-14,17H,6-12H2,1-5H3. The van der Waals surface area contributed by atoms with Crippen LogP contribution in [0.1, 0.15) is 53.9 Å². The highest BCUT2D eigenvalue weighted by atomic mass is 32.2. The average molecular weight is 317 g/mol. The van der Waals surface area contributed by atoms with Crippen LogP contribution in [-0.2, 0) is 4.74 Å². The third kappa shape index (κ3) is 7.41. The number of ether oxygens (including phenoxy) is 1. The van der Waals surface area contributed by atoms with E-state index < -0.39 is 5.60 Å². The average Bonchev–Trinajstić information content (AvgIpc) is 2.36. The van der Waals surface area contributed by atoms with Gasteiger partial charge in [0.05, 0.1) is 0 Å². The van der Waals surface area contributed by atoms with Gasteiger partial charge in [0.1, 0.15) is 5.60 Å². The number of hydrogen-bond acceptors (Lipinski definition) is 4. The number of piperidine rings is 1. The van der Waals surface area contributed by atoms with E-state index in [1.165, 1.54) is 17.9 Å². The Labute approximate surface area is 134 Å². The summed E-state index contributed by atoms with van der Waals surface area (Å²) in [6, 6.07) is 0.779. The molecule has 21 heavy (non-hydrogen) atoms. The van der Waals surface area contributed by atoms with Crippen LogP contribution in [0, 0.1) is 0 Å². The molecule has 1 rings (SSSR count). The minimum absolute atomic E-state index is 0.173. The third-order valence-corrected chi connectivity index (χ3v) is 4.59. The van der Waals surface area contributed by atoms with Crippen molar-refractivity contribution in [3.8, 4) is 0 Å². The molecule has 4 nitrogen and oxygen atoms in total. The summed E-state index contributed by atoms with van der Waals surface area (Å²) in [4.78, 5) is 14.0. The maximum atomic E-state index is 12.1. The van der Waals surface area contributed by atoms with Crippen molar-refractivity contribution >= 4 is 17.9 Å². The van der Waals surface area contributed by atoms with Gasteiger partial charge in [-0.2, -0.15) is 11.8 Å². The van der Waals surface area contributed by atoms with Gasteiger partial charge in [-0.25, -0.2) is 4.79 Å². The Morgan fingerprint density at radius 1 is 1.43 bits per heavy atom. The Balaban J connectivity index is 2.28. The molecular weight excluding hydrogens is 284 g/mol. The molecule has 1 fully saturated rings. The highest BCUT2D eigenvalue weighted by Gasteiger charge is 2.31. The van der Waals surface area contributed by atoms with Crippen molar-refractivity contribution in [2.75, 3.05) is 24.6 Å². The minimum atomic E-state index is -0.414. The van der Waals surface area contributed by atoms with Crippen LogP contribution in [-0.4, -0.2) is 53.3 Å². The van der Waals surface area contributed by atoms with Gasteiger partial charge in [-0.15, -0.1) is 0 Å². The van der Waals surface area contributed by atoms with Crippen LogP contribution >= 0.6 is 11.8 Å². The van der Waals surface area contributed by atoms with Crippen LogP contribution in [0.2, 0.25) is 0 Å². The Bertz CT molecular complexity index is 318. The second-order valence-corrected chi connectivity index (χ2v) is 8.14. The van der Waals surface area contributed by atoms with E-state index in [1.54, 1.807) is 0 Å². The molecule has 1 saturated heterocycles. The summed E-state index contributed by atoms with van der Waals surface area (Å²) in [6.07, 6.45) is 3.08. The summed E-state index contributed by atoms with van der Waals surface area (Å²) in [7, 11) is 0. The molecule has 0 spiro atoms. The summed E-state index contributed by atoms with van der Waals surface area (Å²) in [5.74, 6) is 2.43. The van der Waals surface area contributed by atoms with Gasteiger partial charge < -0.3 is 15.0 Å². The van der Waals surface area contributed by atoms with Crippen molar-refractivity contribution in [3.63, 3.8) is 0 Å². The molecule has 0 saturated carbocycles. The molecule has 2 atom stereocenters. The molecule has 5 heteroatoms. The number of hydrogen-bond donors (Lipinski definition) is 1. The lowest BCUT2D eigenvalue weighted by atomic mass is 9.98. The summed E-state index contributed by atoms with van der Waals surface area (Å²) < 4.78 is 5.47. The number of nitrogens with zero attached hydrogens (tertiary/aromatic N) is 1. The van der Waals surface area contributed by atoms with Crippen molar-refractivity contribution in [1.29, 1.82) is 0 Å². The molecule has 1 N–H and O–H groups in total. The van der Waals surface area contributed by atoms with Crippen LogP contribution in [0.4, 0.5) is 4.79 Å². The Morgan fingerprint density at radius 2 is 2.14 bits per heavy atom. The van der Waals surface area contributed by atoms with E-state index in [-0.39, 0.29) is 12.1 Å². The zero-order chi connectivity index (χ0) is 15.9. The largest absolute Gasteiger partial charge is 0.444 e. The Kier molecular flexibility index (Phi) is 7.88. The third-order valence-electron chi connectivity index (χ3n) is 3.61. The monoisotopic (exact) mass is 316 g/mol. The predicted octanol–water partition coefficient (Wildman–Crippen LogP) is 3.51. The number of amides is 1. The molecule has 0 radical (unpaired) electrons. The molecule has 1 aliphatic rings. The fourth-order valence-electron chi connectivity index (χ4n) is 2.57. The fourth-order valence-corrected chi connectivity index (χ4v) is 3.21. The summed E-state index contributed by atoms with van der Waals surface area (Å²) in [5, 5.41) is 3.63. The minimum Gasteiger partial charge on any atom is -0.444 e. The van der Waals surface area contributed by atoms with E-state index in [4.69, 9.17) is 4.74 Å². The van der Waals surface area contributed by atoms with Crippen LogP contribution in [0.15, 0.2) is 0 Å². The van der Waals surface area contributed by atoms with Crippen molar-refractivity contribution in [3.05, 3.63) is 0 Å². The SMILES string of the molecule is CCSCCCNC1CCN(C(=O)OC(C)(C)C)C(C)C1. The molecule has 124 valence electrons. The molecule has 2 unspecified atom stereocenters. The smallest absolute Gasteiger partial charge is 0.410 e. The van der Waals surface area contributed by atoms with Gasteiger partial charge in [-0.05, 0) is 65.0 Å². The molecule has 0 aromatic carbocycles. The first kappa shape index (κ1) is 18.6. The molecule has 1 aliphatic heterocycles. The summed E-state index contributed by atoms with van der Waals surface area (Å²) in [5.41, 5.74) is -0.414. The first-order valence-corrected chi connectivity index (χ1v) is 9.29. The quantitative estimate of drug-likeness (QED) is 0.762. The van der Waals surface area contributed by atoms with Crippen molar-refractivity contribution in [2.24, 2.45) is 0 Å². The molecule has 0 aromatic rings. The van der Waals surface area contributed by atoms with Crippen LogP contribution in [0.25, 0.3) is 0 Å². The number of nitrogens with one attached hydrogen (secondary N) is 1. The summed E-state index contributed by atoms with van der Waals surface area (Å²) in [6.45, 7) is 11.9. The highest BCUT2D eigenvalue weighted by Crippen LogP contribution is 2.20. The number of rotatable bonds is 6. The second kappa shape index (κ2) is 8.89. The van der Waals surface area contributed by atoms with E-state index in [2.05, 4.69) is 19.2 Å². The van der Waals surface area contributed by atoms with Gasteiger partial charge in [-0.3, -0.25) is 0 Å². The maximum Gasteiger partial charge on any atom is 0.410 e. The normalized spacial score (nSPS) is 23.2. The molecule has 0 bridgehead atoms. The van der Waals surface area contributed by atoms with Crippen molar-refractivity contribution in [1.82, 2.24) is 10.2 Å². The van der Waals surface area contributed by atoms with Gasteiger partial charge in [0.25, 0.3) is 0 Å². The van der Waals surface area contributed by atoms with Gasteiger partial charge in [0.15, 0.2) is 0 Å². The molecule has 0 aliphatic carbocycles. The number of thioether (sulfide) groups is 1. The Morgan fingerprint density at radius 3 is 2.71 bits per heavy atom. The zero-order valence-corrected chi connectivity index (χ0v) is 15.1. The van der Waals surface area contributed by atoms with Crippen LogP contribution < -0.4 is 5.32 Å². The second-order valence-electron chi connectivity index (χ2n) is 6.75. The van der Waals surface area contributed by atoms with Crippen molar-refractivity contribution in [2.45, 2.75) is 71.6 Å². The van der Waals surface area contributed by atoms with E-state index in [0.29, 0.717) is 6.04 Å². The zero-order valence-electron chi connectivity index (χ0n) is 14.3. The number of carbonyl (C=O) groups is 1. The lowest BCUT2D eigenvalue weighted by molar-refractivity contribution is 0.00941. The van der Waals surface area contributed by atoms with Gasteiger partial charge in [-0.1, -0.05) is 6.92 Å². The topological polar surface area (TPSA) is 41.6 Å². The number of carbonyl (C=O) groups excluding carboxylic acids is 1. The van der Waals surface area contributed by atoms with E-state index in [1.807, 2.05) is 37.4 Å². The lowest BCUT2D eigenvalue weighted by Crippen LogP contribution is -2.51. The van der Waals surface area contributed by atoms with E-state index >= 15 is 0 Å². The lowest BCUT2D eigenvalue weighted by Gasteiger charge is -2.38. The summed E-state index contributed by atoms with van der Waals surface area (Å²) >= 11 is 2.00. The molecule has 1 amide bonds. The molecule has 1 heterocycles. The van der Waals surface area contributed by atoms with Gasteiger partial charge in [0, 0.05) is 18.6 Å². The van der Waals surface area contributed by atoms with Crippen molar-refractivity contribution < 1.29 is 9.53 Å². The number of likely N-dealkylation sites (tertiary alicyclic amines) is 1. The Hall–Kier alpha value is -0.420. The maximum absolute atomic E-state index is 12.1. The van der Waals surface area contributed by atoms with Gasteiger partial charge >= 0.3 is 6.09 Å². The molecule has 0 aromatic heterocycles. The van der Waals surface area contributed by atoms with E-state index in [9.17, 15) is 4.79 Å². The van der Waals surface area contributed by atoms with Crippen LogP contribution in [0.5, 0.6) is 0 Å². The fraction of sp³-hybridized carbons (Fsp3) is 0.938. The highest BCUT2D eigenvalue weighted by molar-refractivity contribution is 7.99. The molecular formula is C16H32N2O2S. The first-order chi connectivity index (χ1) is 9.83. The predicted molar refractivity (Wildman–Crippen MR) is 91.0 cm³/mol. The first-order valence-electron chi connectivity index (χ1n) is 8.14. The van der Waals surface area contributed by atoms with Crippen LogP contribution in [0.3, 0.4) is 0 Å². The van der Waals surface area contributed by atoms with E-state index in [0.717, 1.165) is 25.9 Å².